The third-order valence-corrected chi connectivity index (χ3v) is 5.39. The first-order valence-corrected chi connectivity index (χ1v) is 8.22. The second kappa shape index (κ2) is 5.55. The van der Waals surface area contributed by atoms with E-state index in [1.165, 1.54) is 44.3 Å². The maximum atomic E-state index is 3.79. The summed E-state index contributed by atoms with van der Waals surface area (Å²) in [5.41, 5.74) is 1.85. The van der Waals surface area contributed by atoms with Crippen LogP contribution in [0.1, 0.15) is 44.2 Å². The minimum Gasteiger partial charge on any atom is -0.309 e. The fourth-order valence-corrected chi connectivity index (χ4v) is 3.92. The number of rotatable bonds is 2. The zero-order valence-electron chi connectivity index (χ0n) is 11.7. The van der Waals surface area contributed by atoms with Crippen molar-refractivity contribution in [3.8, 4) is 0 Å². The van der Waals surface area contributed by atoms with E-state index in [0.29, 0.717) is 11.6 Å². The van der Waals surface area contributed by atoms with Crippen molar-refractivity contribution in [2.24, 2.45) is 0 Å². The van der Waals surface area contributed by atoms with E-state index in [4.69, 9.17) is 0 Å². The van der Waals surface area contributed by atoms with Gasteiger partial charge in [-0.3, -0.25) is 4.90 Å². The molecule has 1 atom stereocenters. The van der Waals surface area contributed by atoms with Crippen LogP contribution in [0.3, 0.4) is 0 Å². The van der Waals surface area contributed by atoms with Crippen molar-refractivity contribution < 1.29 is 0 Å². The molecule has 1 aliphatic heterocycles. The third kappa shape index (κ3) is 2.88. The molecule has 1 N–H and O–H groups in total. The van der Waals surface area contributed by atoms with Crippen LogP contribution in [0, 0.1) is 0 Å². The molecule has 3 rings (SSSR count). The fourth-order valence-electron chi connectivity index (χ4n) is 3.66. The molecule has 2 fully saturated rings. The van der Waals surface area contributed by atoms with Crippen LogP contribution < -0.4 is 5.32 Å². The first kappa shape index (κ1) is 13.6. The second-order valence-electron chi connectivity index (χ2n) is 6.11. The summed E-state index contributed by atoms with van der Waals surface area (Å²) in [7, 11) is 0. The summed E-state index contributed by atoms with van der Waals surface area (Å²) in [6.07, 6.45) is 5.51. The number of benzene rings is 1. The van der Waals surface area contributed by atoms with Crippen molar-refractivity contribution in [1.29, 1.82) is 0 Å². The molecule has 2 aliphatic rings. The Hall–Kier alpha value is -0.380. The predicted octanol–water partition coefficient (Wildman–Crippen LogP) is 3.73. The lowest BCUT2D eigenvalue weighted by Gasteiger charge is -2.44. The molecule has 1 unspecified atom stereocenters. The molecule has 3 heteroatoms. The van der Waals surface area contributed by atoms with E-state index >= 15 is 0 Å². The summed E-state index contributed by atoms with van der Waals surface area (Å²) < 4.78 is 1.16. The van der Waals surface area contributed by atoms with Gasteiger partial charge in [0.15, 0.2) is 0 Å². The highest BCUT2D eigenvalue weighted by Gasteiger charge is 2.38. The molecule has 1 aliphatic carbocycles. The van der Waals surface area contributed by atoms with Crippen molar-refractivity contribution in [3.63, 3.8) is 0 Å². The SMILES string of the molecule is CC(c1ccc(Br)cc1)N1CCNC2(CCCC2)C1. The van der Waals surface area contributed by atoms with E-state index in [2.05, 4.69) is 57.3 Å². The topological polar surface area (TPSA) is 15.3 Å². The van der Waals surface area contributed by atoms with Crippen LogP contribution in [-0.4, -0.2) is 30.1 Å². The molecule has 104 valence electrons. The highest BCUT2D eigenvalue weighted by Crippen LogP contribution is 2.34. The molecule has 0 aromatic heterocycles. The maximum absolute atomic E-state index is 3.79. The van der Waals surface area contributed by atoms with E-state index in [9.17, 15) is 0 Å². The summed E-state index contributed by atoms with van der Waals surface area (Å²) >= 11 is 3.52. The molecule has 1 aromatic carbocycles. The Morgan fingerprint density at radius 1 is 1.21 bits per heavy atom. The van der Waals surface area contributed by atoms with Gasteiger partial charge >= 0.3 is 0 Å². The van der Waals surface area contributed by atoms with Crippen LogP contribution in [0.4, 0.5) is 0 Å². The zero-order chi connectivity index (χ0) is 13.3. The molecule has 0 amide bonds. The maximum Gasteiger partial charge on any atom is 0.0321 e. The van der Waals surface area contributed by atoms with Crippen molar-refractivity contribution in [1.82, 2.24) is 10.2 Å². The molecule has 2 nitrogen and oxygen atoms in total. The number of nitrogens with zero attached hydrogens (tertiary/aromatic N) is 1. The van der Waals surface area contributed by atoms with Gasteiger partial charge < -0.3 is 5.32 Å². The Kier molecular flexibility index (Phi) is 3.97. The second-order valence-corrected chi connectivity index (χ2v) is 7.03. The minimum atomic E-state index is 0.419. The zero-order valence-corrected chi connectivity index (χ0v) is 13.2. The Morgan fingerprint density at radius 3 is 2.58 bits per heavy atom. The van der Waals surface area contributed by atoms with Gasteiger partial charge in [-0.05, 0) is 37.5 Å². The van der Waals surface area contributed by atoms with E-state index in [-0.39, 0.29) is 0 Å². The largest absolute Gasteiger partial charge is 0.309 e. The van der Waals surface area contributed by atoms with Gasteiger partial charge in [0, 0.05) is 35.7 Å². The number of piperazine rings is 1. The smallest absolute Gasteiger partial charge is 0.0321 e. The van der Waals surface area contributed by atoms with Crippen LogP contribution in [0.15, 0.2) is 28.7 Å². The summed E-state index contributed by atoms with van der Waals surface area (Å²) in [5, 5.41) is 3.79. The molecule has 1 heterocycles. The van der Waals surface area contributed by atoms with Crippen LogP contribution >= 0.6 is 15.9 Å². The van der Waals surface area contributed by atoms with E-state index < -0.39 is 0 Å². The Bertz CT molecular complexity index is 423. The number of hydrogen-bond donors (Lipinski definition) is 1. The summed E-state index contributed by atoms with van der Waals surface area (Å²) in [6.45, 7) is 5.86. The quantitative estimate of drug-likeness (QED) is 0.892. The van der Waals surface area contributed by atoms with E-state index in [1.807, 2.05) is 0 Å². The molecule has 1 saturated carbocycles. The van der Waals surface area contributed by atoms with Gasteiger partial charge in [-0.1, -0.05) is 40.9 Å². The van der Waals surface area contributed by atoms with Gasteiger partial charge in [0.1, 0.15) is 0 Å². The van der Waals surface area contributed by atoms with E-state index in [1.54, 1.807) is 0 Å². The fraction of sp³-hybridized carbons (Fsp3) is 0.625. The summed E-state index contributed by atoms with van der Waals surface area (Å²) in [6, 6.07) is 9.32. The average Bonchev–Trinajstić information content (AvgIpc) is 2.87. The minimum absolute atomic E-state index is 0.419. The van der Waals surface area contributed by atoms with Gasteiger partial charge in [0.25, 0.3) is 0 Å². The standard InChI is InChI=1S/C16H23BrN2/c1-13(14-4-6-15(17)7-5-14)19-11-10-18-16(12-19)8-2-3-9-16/h4-7,13,18H,2-3,8-12H2,1H3. The van der Waals surface area contributed by atoms with Crippen molar-refractivity contribution in [2.45, 2.75) is 44.2 Å². The molecular weight excluding hydrogens is 300 g/mol. The lowest BCUT2D eigenvalue weighted by molar-refractivity contribution is 0.101. The van der Waals surface area contributed by atoms with Gasteiger partial charge in [0.2, 0.25) is 0 Å². The third-order valence-electron chi connectivity index (χ3n) is 4.87. The van der Waals surface area contributed by atoms with Crippen molar-refractivity contribution in [3.05, 3.63) is 34.3 Å². The van der Waals surface area contributed by atoms with Crippen LogP contribution in [0.2, 0.25) is 0 Å². The van der Waals surface area contributed by atoms with E-state index in [0.717, 1.165) is 11.0 Å². The molecule has 1 saturated heterocycles. The molecule has 19 heavy (non-hydrogen) atoms. The first-order valence-electron chi connectivity index (χ1n) is 7.43. The molecular formula is C16H23BrN2. The van der Waals surface area contributed by atoms with Gasteiger partial charge in [-0.15, -0.1) is 0 Å². The van der Waals surface area contributed by atoms with Gasteiger partial charge in [0.05, 0.1) is 0 Å². The Labute approximate surface area is 124 Å². The highest BCUT2D eigenvalue weighted by atomic mass is 79.9. The summed E-state index contributed by atoms with van der Waals surface area (Å²) in [4.78, 5) is 2.66. The normalized spacial score (nSPS) is 24.7. The van der Waals surface area contributed by atoms with Crippen LogP contribution in [0.5, 0.6) is 0 Å². The Balaban J connectivity index is 1.72. The number of halogens is 1. The monoisotopic (exact) mass is 322 g/mol. The molecule has 0 bridgehead atoms. The van der Waals surface area contributed by atoms with Gasteiger partial charge in [-0.2, -0.15) is 0 Å². The number of hydrogen-bond acceptors (Lipinski definition) is 2. The van der Waals surface area contributed by atoms with Crippen LogP contribution in [-0.2, 0) is 0 Å². The Morgan fingerprint density at radius 2 is 1.89 bits per heavy atom. The molecule has 1 spiro atoms. The van der Waals surface area contributed by atoms with Crippen molar-refractivity contribution >= 4 is 15.9 Å². The van der Waals surface area contributed by atoms with Crippen molar-refractivity contribution in [2.75, 3.05) is 19.6 Å². The summed E-state index contributed by atoms with van der Waals surface area (Å²) in [5.74, 6) is 0. The lowest BCUT2D eigenvalue weighted by atomic mass is 9.93. The van der Waals surface area contributed by atoms with Gasteiger partial charge in [-0.25, -0.2) is 0 Å². The number of nitrogens with one attached hydrogen (secondary N) is 1. The molecule has 0 radical (unpaired) electrons. The predicted molar refractivity (Wildman–Crippen MR) is 83.3 cm³/mol. The van der Waals surface area contributed by atoms with Crippen LogP contribution in [0.25, 0.3) is 0 Å². The average molecular weight is 323 g/mol. The molecule has 1 aromatic rings. The first-order chi connectivity index (χ1) is 9.19. The highest BCUT2D eigenvalue weighted by molar-refractivity contribution is 9.10. The lowest BCUT2D eigenvalue weighted by Crippen LogP contribution is -2.59.